The van der Waals surface area contributed by atoms with Gasteiger partial charge in [0.25, 0.3) is 5.56 Å². The summed E-state index contributed by atoms with van der Waals surface area (Å²) in [6.07, 6.45) is 1.84. The van der Waals surface area contributed by atoms with Crippen molar-refractivity contribution in [2.75, 3.05) is 16.9 Å². The fourth-order valence-corrected chi connectivity index (χ4v) is 2.36. The summed E-state index contributed by atoms with van der Waals surface area (Å²) in [5.74, 6) is 5.41. The van der Waals surface area contributed by atoms with Crippen molar-refractivity contribution in [1.29, 1.82) is 0 Å². The molecule has 0 aliphatic heterocycles. The van der Waals surface area contributed by atoms with E-state index in [2.05, 4.69) is 15.5 Å². The van der Waals surface area contributed by atoms with E-state index in [4.69, 9.17) is 5.84 Å². The number of para-hydroxylation sites is 1. The maximum Gasteiger partial charge on any atom is 0.291 e. The number of nitrogens with zero attached hydrogens (tertiary/aromatic N) is 3. The van der Waals surface area contributed by atoms with Gasteiger partial charge in [0.05, 0.1) is 5.75 Å². The molecule has 0 saturated carbocycles. The molecule has 21 heavy (non-hydrogen) atoms. The van der Waals surface area contributed by atoms with Gasteiger partial charge in [-0.15, -0.1) is 5.10 Å². The van der Waals surface area contributed by atoms with Crippen LogP contribution in [0.15, 0.2) is 40.4 Å². The highest BCUT2D eigenvalue weighted by Crippen LogP contribution is 2.17. The number of amides is 1. The van der Waals surface area contributed by atoms with Gasteiger partial charge in [0.2, 0.25) is 11.1 Å². The van der Waals surface area contributed by atoms with Crippen LogP contribution in [-0.2, 0) is 11.2 Å². The quantitative estimate of drug-likeness (QED) is 0.621. The van der Waals surface area contributed by atoms with Crippen LogP contribution in [0.2, 0.25) is 0 Å². The van der Waals surface area contributed by atoms with Crippen LogP contribution >= 0.6 is 11.8 Å². The second-order valence-electron chi connectivity index (χ2n) is 4.18. The van der Waals surface area contributed by atoms with E-state index in [9.17, 15) is 9.59 Å². The van der Waals surface area contributed by atoms with Crippen LogP contribution in [-0.4, -0.2) is 26.5 Å². The SMILES string of the molecule is CCc1ccccc1NC(=O)CSc1nncc(=O)n1N. The first-order valence-electron chi connectivity index (χ1n) is 6.32. The summed E-state index contributed by atoms with van der Waals surface area (Å²) in [7, 11) is 0. The number of aryl methyl sites for hydroxylation is 1. The molecule has 0 bridgehead atoms. The third-order valence-corrected chi connectivity index (χ3v) is 3.70. The lowest BCUT2D eigenvalue weighted by Crippen LogP contribution is -2.30. The summed E-state index contributed by atoms with van der Waals surface area (Å²) in [4.78, 5) is 23.2. The molecule has 0 saturated heterocycles. The van der Waals surface area contributed by atoms with Crippen molar-refractivity contribution in [3.8, 4) is 0 Å². The molecular formula is C13H15N5O2S. The molecule has 0 radical (unpaired) electrons. The zero-order chi connectivity index (χ0) is 15.2. The first kappa shape index (κ1) is 15.0. The van der Waals surface area contributed by atoms with Crippen molar-refractivity contribution in [3.63, 3.8) is 0 Å². The third kappa shape index (κ3) is 3.82. The van der Waals surface area contributed by atoms with Gasteiger partial charge in [0.1, 0.15) is 6.20 Å². The molecule has 1 aromatic heterocycles. The predicted octanol–water partition coefficient (Wildman–Crippen LogP) is 0.645. The minimum absolute atomic E-state index is 0.0907. The number of thioether (sulfide) groups is 1. The van der Waals surface area contributed by atoms with E-state index in [1.165, 1.54) is 0 Å². The molecule has 0 aliphatic carbocycles. The zero-order valence-corrected chi connectivity index (χ0v) is 12.3. The maximum atomic E-state index is 11.9. The van der Waals surface area contributed by atoms with E-state index >= 15 is 0 Å². The van der Waals surface area contributed by atoms with E-state index in [-0.39, 0.29) is 16.8 Å². The second-order valence-corrected chi connectivity index (χ2v) is 5.13. The Hall–Kier alpha value is -2.35. The normalized spacial score (nSPS) is 10.3. The fraction of sp³-hybridized carbons (Fsp3) is 0.231. The molecule has 8 heteroatoms. The van der Waals surface area contributed by atoms with Crippen molar-refractivity contribution >= 4 is 23.4 Å². The molecule has 0 atom stereocenters. The van der Waals surface area contributed by atoms with Gasteiger partial charge in [0, 0.05) is 5.69 Å². The summed E-state index contributed by atoms with van der Waals surface area (Å²) in [5, 5.41) is 10.3. The average Bonchev–Trinajstić information content (AvgIpc) is 2.49. The molecule has 0 spiro atoms. The van der Waals surface area contributed by atoms with E-state index in [0.29, 0.717) is 0 Å². The Balaban J connectivity index is 1.99. The Labute approximate surface area is 125 Å². The van der Waals surface area contributed by atoms with E-state index < -0.39 is 5.56 Å². The first-order chi connectivity index (χ1) is 10.1. The van der Waals surface area contributed by atoms with Gasteiger partial charge in [-0.25, -0.2) is 0 Å². The number of anilines is 1. The van der Waals surface area contributed by atoms with Crippen molar-refractivity contribution in [3.05, 3.63) is 46.4 Å². The topological polar surface area (TPSA) is 103 Å². The van der Waals surface area contributed by atoms with Crippen molar-refractivity contribution in [2.24, 2.45) is 0 Å². The number of nitrogens with two attached hydrogens (primary N) is 1. The smallest absolute Gasteiger partial charge is 0.291 e. The lowest BCUT2D eigenvalue weighted by molar-refractivity contribution is -0.113. The van der Waals surface area contributed by atoms with Gasteiger partial charge >= 0.3 is 0 Å². The van der Waals surface area contributed by atoms with Gasteiger partial charge in [0.15, 0.2) is 0 Å². The van der Waals surface area contributed by atoms with Gasteiger partial charge in [-0.1, -0.05) is 36.9 Å². The molecule has 0 unspecified atom stereocenters. The number of nitrogen functional groups attached to an aromatic ring is 1. The number of carbonyl (C=O) groups is 1. The Morgan fingerprint density at radius 2 is 2.19 bits per heavy atom. The minimum Gasteiger partial charge on any atom is -0.334 e. The summed E-state index contributed by atoms with van der Waals surface area (Å²) in [6, 6.07) is 7.60. The lowest BCUT2D eigenvalue weighted by atomic mass is 10.1. The second kappa shape index (κ2) is 6.89. The van der Waals surface area contributed by atoms with Gasteiger partial charge in [-0.3, -0.25) is 9.59 Å². The van der Waals surface area contributed by atoms with Crippen molar-refractivity contribution in [2.45, 2.75) is 18.5 Å². The van der Waals surface area contributed by atoms with E-state index in [1.807, 2.05) is 31.2 Å². The molecule has 2 rings (SSSR count). The van der Waals surface area contributed by atoms with Crippen molar-refractivity contribution in [1.82, 2.24) is 14.9 Å². The molecule has 0 aliphatic rings. The Morgan fingerprint density at radius 3 is 2.95 bits per heavy atom. The highest BCUT2D eigenvalue weighted by atomic mass is 32.2. The van der Waals surface area contributed by atoms with Crippen LogP contribution in [0.4, 0.5) is 5.69 Å². The summed E-state index contributed by atoms with van der Waals surface area (Å²) < 4.78 is 0.866. The number of aromatic nitrogens is 3. The molecule has 1 heterocycles. The monoisotopic (exact) mass is 305 g/mol. The number of benzene rings is 1. The van der Waals surface area contributed by atoms with Gasteiger partial charge in [-0.2, -0.15) is 9.77 Å². The largest absolute Gasteiger partial charge is 0.334 e. The first-order valence-corrected chi connectivity index (χ1v) is 7.30. The van der Waals surface area contributed by atoms with Gasteiger partial charge < -0.3 is 11.2 Å². The average molecular weight is 305 g/mol. The third-order valence-electron chi connectivity index (χ3n) is 2.76. The van der Waals surface area contributed by atoms with Crippen molar-refractivity contribution < 1.29 is 4.79 Å². The van der Waals surface area contributed by atoms with Crippen LogP contribution in [0.1, 0.15) is 12.5 Å². The zero-order valence-electron chi connectivity index (χ0n) is 11.4. The summed E-state index contributed by atoms with van der Waals surface area (Å²) >= 11 is 1.05. The summed E-state index contributed by atoms with van der Waals surface area (Å²) in [5.41, 5.74) is 1.38. The predicted molar refractivity (Wildman–Crippen MR) is 81.6 cm³/mol. The Kier molecular flexibility index (Phi) is 4.94. The van der Waals surface area contributed by atoms with Crippen LogP contribution in [0, 0.1) is 0 Å². The molecule has 1 amide bonds. The fourth-order valence-electron chi connectivity index (χ4n) is 1.70. The van der Waals surface area contributed by atoms with Crippen LogP contribution < -0.4 is 16.7 Å². The molecule has 1 aromatic carbocycles. The molecule has 2 aromatic rings. The standard InChI is InChI=1S/C13H15N5O2S/c1-2-9-5-3-4-6-10(9)16-11(19)8-21-13-17-15-7-12(20)18(13)14/h3-7H,2,8,14H2,1H3,(H,16,19). The minimum atomic E-state index is -0.468. The van der Waals surface area contributed by atoms with E-state index in [1.54, 1.807) is 0 Å². The number of hydrogen-bond donors (Lipinski definition) is 2. The van der Waals surface area contributed by atoms with Crippen LogP contribution in [0.3, 0.4) is 0 Å². The van der Waals surface area contributed by atoms with E-state index in [0.717, 1.165) is 40.3 Å². The highest BCUT2D eigenvalue weighted by molar-refractivity contribution is 7.99. The Morgan fingerprint density at radius 1 is 1.43 bits per heavy atom. The summed E-state index contributed by atoms with van der Waals surface area (Å²) in [6.45, 7) is 2.02. The van der Waals surface area contributed by atoms with Crippen LogP contribution in [0.25, 0.3) is 0 Å². The molecule has 110 valence electrons. The molecule has 7 nitrogen and oxygen atoms in total. The number of carbonyl (C=O) groups excluding carboxylic acids is 1. The highest BCUT2D eigenvalue weighted by Gasteiger charge is 2.09. The Bertz CT molecular complexity index is 701. The molecular weight excluding hydrogens is 290 g/mol. The van der Waals surface area contributed by atoms with Crippen LogP contribution in [0.5, 0.6) is 0 Å². The number of nitrogens with one attached hydrogen (secondary N) is 1. The maximum absolute atomic E-state index is 11.9. The number of hydrogen-bond acceptors (Lipinski definition) is 6. The molecule has 3 N–H and O–H groups in total. The number of rotatable bonds is 5. The van der Waals surface area contributed by atoms with Gasteiger partial charge in [-0.05, 0) is 18.1 Å². The molecule has 0 fully saturated rings. The lowest BCUT2D eigenvalue weighted by Gasteiger charge is -2.09.